The average Bonchev–Trinajstić information content (AvgIpc) is 2.49. The maximum absolute atomic E-state index is 11.2. The minimum Gasteiger partial charge on any atom is -0.354 e. The van der Waals surface area contributed by atoms with Gasteiger partial charge in [0, 0.05) is 13.0 Å². The fourth-order valence-corrected chi connectivity index (χ4v) is 1.09. The van der Waals surface area contributed by atoms with Gasteiger partial charge in [0.25, 0.3) is 0 Å². The van der Waals surface area contributed by atoms with Crippen molar-refractivity contribution in [3.05, 3.63) is 0 Å². The smallest absolute Gasteiger partial charge is 0.237 e. The Morgan fingerprint density at radius 2 is 2.54 bits per heavy atom. The van der Waals surface area contributed by atoms with Crippen molar-refractivity contribution in [2.24, 2.45) is 5.92 Å². The Morgan fingerprint density at radius 3 is 3.00 bits per heavy atom. The highest BCUT2D eigenvalue weighted by molar-refractivity contribution is 5.84. The summed E-state index contributed by atoms with van der Waals surface area (Å²) < 4.78 is 0. The molecular weight excluding hydrogens is 170 g/mol. The molecule has 13 heavy (non-hydrogen) atoms. The Morgan fingerprint density at radius 1 is 1.85 bits per heavy atom. The first-order chi connectivity index (χ1) is 6.13. The molecule has 0 saturated carbocycles. The summed E-state index contributed by atoms with van der Waals surface area (Å²) in [5.74, 6) is -1.03. The van der Waals surface area contributed by atoms with Gasteiger partial charge >= 0.3 is 0 Å². The molecule has 0 radical (unpaired) electrons. The van der Waals surface area contributed by atoms with Crippen molar-refractivity contribution in [1.29, 1.82) is 5.26 Å². The van der Waals surface area contributed by atoms with Crippen molar-refractivity contribution in [3.63, 3.8) is 0 Å². The second kappa shape index (κ2) is 3.90. The van der Waals surface area contributed by atoms with Crippen LogP contribution in [0, 0.1) is 17.2 Å². The number of nitrogens with zero attached hydrogens (tertiary/aromatic N) is 1. The van der Waals surface area contributed by atoms with Gasteiger partial charge < -0.3 is 10.6 Å². The summed E-state index contributed by atoms with van der Waals surface area (Å²) in [6.07, 6.45) is 0.309. The van der Waals surface area contributed by atoms with Crippen molar-refractivity contribution in [1.82, 2.24) is 10.6 Å². The normalized spacial score (nSPS) is 23.1. The van der Waals surface area contributed by atoms with E-state index >= 15 is 0 Å². The van der Waals surface area contributed by atoms with E-state index in [2.05, 4.69) is 10.6 Å². The Hall–Kier alpha value is -1.57. The lowest BCUT2D eigenvalue weighted by atomic mass is 10.1. The maximum atomic E-state index is 11.2. The van der Waals surface area contributed by atoms with Crippen LogP contribution in [0.25, 0.3) is 0 Å². The largest absolute Gasteiger partial charge is 0.354 e. The molecule has 1 heterocycles. The third-order valence-corrected chi connectivity index (χ3v) is 1.91. The highest BCUT2D eigenvalue weighted by Gasteiger charge is 2.24. The number of carbonyl (C=O) groups excluding carboxylic acids is 2. The average molecular weight is 181 g/mol. The summed E-state index contributed by atoms with van der Waals surface area (Å²) in [6.45, 7) is 1.99. The Bertz CT molecular complexity index is 269. The van der Waals surface area contributed by atoms with Crippen LogP contribution in [0.1, 0.15) is 13.3 Å². The molecular formula is C8H11N3O2. The number of carbonyl (C=O) groups is 2. The second-order valence-electron chi connectivity index (χ2n) is 3.06. The van der Waals surface area contributed by atoms with Crippen LogP contribution in [-0.2, 0) is 9.59 Å². The van der Waals surface area contributed by atoms with Crippen LogP contribution in [0.2, 0.25) is 0 Å². The highest BCUT2D eigenvalue weighted by atomic mass is 16.2. The Balaban J connectivity index is 2.38. The summed E-state index contributed by atoms with van der Waals surface area (Å²) >= 11 is 0. The van der Waals surface area contributed by atoms with E-state index in [1.165, 1.54) is 6.92 Å². The third-order valence-electron chi connectivity index (χ3n) is 1.91. The minimum atomic E-state index is -0.657. The van der Waals surface area contributed by atoms with Gasteiger partial charge in [-0.15, -0.1) is 0 Å². The molecule has 1 aliphatic rings. The summed E-state index contributed by atoms with van der Waals surface area (Å²) in [5.41, 5.74) is 0. The molecule has 1 rings (SSSR count). The first-order valence-corrected chi connectivity index (χ1v) is 4.10. The molecule has 1 aliphatic heterocycles. The van der Waals surface area contributed by atoms with Crippen molar-refractivity contribution in [2.75, 3.05) is 6.54 Å². The van der Waals surface area contributed by atoms with E-state index in [-0.39, 0.29) is 17.9 Å². The number of hydrogen-bond acceptors (Lipinski definition) is 3. The van der Waals surface area contributed by atoms with Crippen molar-refractivity contribution < 1.29 is 9.59 Å². The topological polar surface area (TPSA) is 82.0 Å². The highest BCUT2D eigenvalue weighted by Crippen LogP contribution is 2.01. The molecule has 0 spiro atoms. The van der Waals surface area contributed by atoms with Crippen LogP contribution >= 0.6 is 0 Å². The molecule has 2 atom stereocenters. The molecule has 1 fully saturated rings. The molecule has 5 nitrogen and oxygen atoms in total. The van der Waals surface area contributed by atoms with Gasteiger partial charge in [-0.3, -0.25) is 9.59 Å². The zero-order chi connectivity index (χ0) is 9.84. The van der Waals surface area contributed by atoms with Gasteiger partial charge in [-0.2, -0.15) is 5.26 Å². The number of rotatable bonds is 2. The zero-order valence-electron chi connectivity index (χ0n) is 7.33. The molecule has 2 N–H and O–H groups in total. The van der Waals surface area contributed by atoms with Gasteiger partial charge in [-0.05, 0) is 6.92 Å². The Labute approximate surface area is 76.1 Å². The SMILES string of the molecule is CC(C#N)C(=O)NC1CNC(=O)C1. The van der Waals surface area contributed by atoms with Gasteiger partial charge in [0.2, 0.25) is 11.8 Å². The summed E-state index contributed by atoms with van der Waals surface area (Å²) in [5, 5.41) is 13.6. The third kappa shape index (κ3) is 2.44. The number of nitriles is 1. The summed E-state index contributed by atoms with van der Waals surface area (Å²) in [7, 11) is 0. The van der Waals surface area contributed by atoms with Crippen LogP contribution in [0.5, 0.6) is 0 Å². The molecule has 0 bridgehead atoms. The quantitative estimate of drug-likeness (QED) is 0.582. The molecule has 0 aliphatic carbocycles. The molecule has 1 saturated heterocycles. The number of hydrogen-bond donors (Lipinski definition) is 2. The van der Waals surface area contributed by atoms with E-state index in [0.717, 1.165) is 0 Å². The first kappa shape index (κ1) is 9.52. The fourth-order valence-electron chi connectivity index (χ4n) is 1.09. The van der Waals surface area contributed by atoms with E-state index in [9.17, 15) is 9.59 Å². The molecule has 2 unspecified atom stereocenters. The summed E-state index contributed by atoms with van der Waals surface area (Å²) in [4.78, 5) is 21.9. The van der Waals surface area contributed by atoms with E-state index in [4.69, 9.17) is 5.26 Å². The van der Waals surface area contributed by atoms with Crippen LogP contribution in [0.3, 0.4) is 0 Å². The van der Waals surface area contributed by atoms with Crippen LogP contribution in [-0.4, -0.2) is 24.4 Å². The van der Waals surface area contributed by atoms with Gasteiger partial charge in [-0.1, -0.05) is 0 Å². The Kier molecular flexibility index (Phi) is 2.85. The predicted molar refractivity (Wildman–Crippen MR) is 44.3 cm³/mol. The van der Waals surface area contributed by atoms with Crippen LogP contribution in [0.4, 0.5) is 0 Å². The monoisotopic (exact) mass is 181 g/mol. The predicted octanol–water partition coefficient (Wildman–Crippen LogP) is -0.849. The van der Waals surface area contributed by atoms with Crippen molar-refractivity contribution >= 4 is 11.8 Å². The molecule has 2 amide bonds. The van der Waals surface area contributed by atoms with Gasteiger partial charge in [0.05, 0.1) is 12.1 Å². The van der Waals surface area contributed by atoms with E-state index in [1.807, 2.05) is 6.07 Å². The molecule has 70 valence electrons. The lowest BCUT2D eigenvalue weighted by Gasteiger charge is -2.10. The van der Waals surface area contributed by atoms with Crippen molar-refractivity contribution in [2.45, 2.75) is 19.4 Å². The summed E-state index contributed by atoms with van der Waals surface area (Å²) in [6, 6.07) is 1.68. The molecule has 0 aromatic carbocycles. The lowest BCUT2D eigenvalue weighted by Crippen LogP contribution is -2.38. The molecule has 5 heteroatoms. The van der Waals surface area contributed by atoms with Gasteiger partial charge in [-0.25, -0.2) is 0 Å². The van der Waals surface area contributed by atoms with Crippen LogP contribution in [0.15, 0.2) is 0 Å². The zero-order valence-corrected chi connectivity index (χ0v) is 7.33. The lowest BCUT2D eigenvalue weighted by molar-refractivity contribution is -0.123. The molecule has 0 aromatic rings. The van der Waals surface area contributed by atoms with E-state index in [0.29, 0.717) is 13.0 Å². The fraction of sp³-hybridized carbons (Fsp3) is 0.625. The maximum Gasteiger partial charge on any atom is 0.237 e. The second-order valence-corrected chi connectivity index (χ2v) is 3.06. The van der Waals surface area contributed by atoms with Crippen LogP contribution < -0.4 is 10.6 Å². The number of nitrogens with one attached hydrogen (secondary N) is 2. The van der Waals surface area contributed by atoms with Gasteiger partial charge in [0.1, 0.15) is 5.92 Å². The first-order valence-electron chi connectivity index (χ1n) is 4.10. The molecule has 0 aromatic heterocycles. The van der Waals surface area contributed by atoms with Gasteiger partial charge in [0.15, 0.2) is 0 Å². The minimum absolute atomic E-state index is 0.0603. The standard InChI is InChI=1S/C8H11N3O2/c1-5(3-9)8(13)11-6-2-7(12)10-4-6/h5-6H,2,4H2,1H3,(H,10,12)(H,11,13). The number of amides is 2. The van der Waals surface area contributed by atoms with E-state index in [1.54, 1.807) is 0 Å². The van der Waals surface area contributed by atoms with Crippen molar-refractivity contribution in [3.8, 4) is 6.07 Å². The van der Waals surface area contributed by atoms with E-state index < -0.39 is 5.92 Å².